The number of nitrogens with zero attached hydrogens (tertiary/aromatic N) is 1. The SMILES string of the molecule is CCNC(c1ccccc1)C(C)c1ccccn1. The van der Waals surface area contributed by atoms with Crippen LogP contribution in [-0.2, 0) is 0 Å². The van der Waals surface area contributed by atoms with Crippen molar-refractivity contribution < 1.29 is 0 Å². The molecule has 2 heteroatoms. The number of benzene rings is 1. The summed E-state index contributed by atoms with van der Waals surface area (Å²) in [5.41, 5.74) is 2.45. The predicted molar refractivity (Wildman–Crippen MR) is 75.5 cm³/mol. The van der Waals surface area contributed by atoms with E-state index in [2.05, 4.69) is 60.5 Å². The topological polar surface area (TPSA) is 24.9 Å². The number of hydrogen-bond donors (Lipinski definition) is 1. The Morgan fingerprint density at radius 3 is 2.39 bits per heavy atom. The highest BCUT2D eigenvalue weighted by Gasteiger charge is 2.20. The van der Waals surface area contributed by atoms with Crippen LogP contribution in [0.5, 0.6) is 0 Å². The summed E-state index contributed by atoms with van der Waals surface area (Å²) in [5.74, 6) is 0.355. The third-order valence-corrected chi connectivity index (χ3v) is 3.24. The Morgan fingerprint density at radius 2 is 1.78 bits per heavy atom. The molecule has 94 valence electrons. The molecule has 2 atom stereocenters. The fourth-order valence-electron chi connectivity index (χ4n) is 2.28. The first-order valence-corrected chi connectivity index (χ1v) is 6.52. The van der Waals surface area contributed by atoms with E-state index in [-0.39, 0.29) is 0 Å². The van der Waals surface area contributed by atoms with Gasteiger partial charge in [-0.2, -0.15) is 0 Å². The standard InChI is InChI=1S/C16H20N2/c1-3-17-16(14-9-5-4-6-10-14)13(2)15-11-7-8-12-18-15/h4-13,16-17H,3H2,1-2H3. The highest BCUT2D eigenvalue weighted by Crippen LogP contribution is 2.28. The van der Waals surface area contributed by atoms with Gasteiger partial charge < -0.3 is 5.32 Å². The van der Waals surface area contributed by atoms with Crippen molar-refractivity contribution in [1.82, 2.24) is 10.3 Å². The molecule has 0 radical (unpaired) electrons. The number of hydrogen-bond acceptors (Lipinski definition) is 2. The summed E-state index contributed by atoms with van der Waals surface area (Å²) in [4.78, 5) is 4.47. The van der Waals surface area contributed by atoms with E-state index < -0.39 is 0 Å². The number of rotatable bonds is 5. The van der Waals surface area contributed by atoms with Gasteiger partial charge in [-0.25, -0.2) is 0 Å². The Hall–Kier alpha value is -1.67. The monoisotopic (exact) mass is 240 g/mol. The Morgan fingerprint density at radius 1 is 1.06 bits per heavy atom. The smallest absolute Gasteiger partial charge is 0.0450 e. The highest BCUT2D eigenvalue weighted by atomic mass is 14.9. The van der Waals surface area contributed by atoms with Gasteiger partial charge in [0.25, 0.3) is 0 Å². The van der Waals surface area contributed by atoms with Gasteiger partial charge in [-0.1, -0.05) is 50.2 Å². The molecule has 0 amide bonds. The molecule has 0 saturated heterocycles. The number of aromatic nitrogens is 1. The maximum atomic E-state index is 4.47. The van der Waals surface area contributed by atoms with Crippen LogP contribution >= 0.6 is 0 Å². The summed E-state index contributed by atoms with van der Waals surface area (Å²) in [6, 6.07) is 17.0. The first-order chi connectivity index (χ1) is 8.83. The molecule has 2 rings (SSSR count). The molecule has 0 saturated carbocycles. The summed E-state index contributed by atoms with van der Waals surface area (Å²) in [5, 5.41) is 3.56. The second-order valence-electron chi connectivity index (χ2n) is 4.49. The largest absolute Gasteiger partial charge is 0.310 e. The fraction of sp³-hybridized carbons (Fsp3) is 0.312. The highest BCUT2D eigenvalue weighted by molar-refractivity contribution is 5.24. The van der Waals surface area contributed by atoms with Gasteiger partial charge in [-0.05, 0) is 24.2 Å². The van der Waals surface area contributed by atoms with Gasteiger partial charge in [0.15, 0.2) is 0 Å². The van der Waals surface area contributed by atoms with Gasteiger partial charge in [-0.3, -0.25) is 4.98 Å². The van der Waals surface area contributed by atoms with Crippen LogP contribution in [-0.4, -0.2) is 11.5 Å². The third kappa shape index (κ3) is 2.96. The molecular formula is C16H20N2. The van der Waals surface area contributed by atoms with Gasteiger partial charge in [-0.15, -0.1) is 0 Å². The molecular weight excluding hydrogens is 220 g/mol. The Kier molecular flexibility index (Phi) is 4.48. The second-order valence-corrected chi connectivity index (χ2v) is 4.49. The van der Waals surface area contributed by atoms with Crippen molar-refractivity contribution in [3.05, 3.63) is 66.0 Å². The minimum absolute atomic E-state index is 0.311. The molecule has 2 unspecified atom stereocenters. The van der Waals surface area contributed by atoms with E-state index in [1.54, 1.807) is 0 Å². The van der Waals surface area contributed by atoms with E-state index in [0.29, 0.717) is 12.0 Å². The minimum atomic E-state index is 0.311. The van der Waals surface area contributed by atoms with E-state index in [9.17, 15) is 0 Å². The van der Waals surface area contributed by atoms with Crippen LogP contribution < -0.4 is 5.32 Å². The molecule has 2 nitrogen and oxygen atoms in total. The zero-order chi connectivity index (χ0) is 12.8. The number of pyridine rings is 1. The van der Waals surface area contributed by atoms with E-state index in [1.165, 1.54) is 5.56 Å². The van der Waals surface area contributed by atoms with Gasteiger partial charge in [0.1, 0.15) is 0 Å². The van der Waals surface area contributed by atoms with Crippen LogP contribution in [0, 0.1) is 0 Å². The van der Waals surface area contributed by atoms with Crippen molar-refractivity contribution in [2.45, 2.75) is 25.8 Å². The first-order valence-electron chi connectivity index (χ1n) is 6.52. The predicted octanol–water partition coefficient (Wildman–Crippen LogP) is 3.54. The zero-order valence-corrected chi connectivity index (χ0v) is 11.0. The van der Waals surface area contributed by atoms with Crippen molar-refractivity contribution in [3.8, 4) is 0 Å². The molecule has 0 bridgehead atoms. The number of likely N-dealkylation sites (N-methyl/N-ethyl adjacent to an activating group) is 1. The molecule has 0 aliphatic rings. The number of nitrogens with one attached hydrogen (secondary N) is 1. The average Bonchev–Trinajstić information content (AvgIpc) is 2.46. The zero-order valence-electron chi connectivity index (χ0n) is 11.0. The summed E-state index contributed by atoms with van der Waals surface area (Å²) in [7, 11) is 0. The van der Waals surface area contributed by atoms with E-state index in [0.717, 1.165) is 12.2 Å². The lowest BCUT2D eigenvalue weighted by Gasteiger charge is -2.25. The van der Waals surface area contributed by atoms with Crippen molar-refractivity contribution >= 4 is 0 Å². The van der Waals surface area contributed by atoms with Crippen LogP contribution in [0.4, 0.5) is 0 Å². The Balaban J connectivity index is 2.26. The molecule has 1 aromatic carbocycles. The average molecular weight is 240 g/mol. The molecule has 18 heavy (non-hydrogen) atoms. The van der Waals surface area contributed by atoms with Crippen molar-refractivity contribution in [2.24, 2.45) is 0 Å². The van der Waals surface area contributed by atoms with Crippen LogP contribution in [0.1, 0.15) is 37.1 Å². The lowest BCUT2D eigenvalue weighted by atomic mass is 9.91. The third-order valence-electron chi connectivity index (χ3n) is 3.24. The van der Waals surface area contributed by atoms with Crippen LogP contribution in [0.25, 0.3) is 0 Å². The van der Waals surface area contributed by atoms with Gasteiger partial charge >= 0.3 is 0 Å². The van der Waals surface area contributed by atoms with Crippen LogP contribution in [0.3, 0.4) is 0 Å². The molecule has 0 fully saturated rings. The lowest BCUT2D eigenvalue weighted by Crippen LogP contribution is -2.26. The van der Waals surface area contributed by atoms with Gasteiger partial charge in [0.05, 0.1) is 0 Å². The van der Waals surface area contributed by atoms with Gasteiger partial charge in [0, 0.05) is 23.9 Å². The van der Waals surface area contributed by atoms with E-state index >= 15 is 0 Å². The molecule has 1 aromatic heterocycles. The summed E-state index contributed by atoms with van der Waals surface area (Å²) >= 11 is 0. The molecule has 1 N–H and O–H groups in total. The summed E-state index contributed by atoms with van der Waals surface area (Å²) in [6.45, 7) is 5.32. The van der Waals surface area contributed by atoms with Crippen molar-refractivity contribution in [1.29, 1.82) is 0 Å². The first kappa shape index (κ1) is 12.8. The second kappa shape index (κ2) is 6.31. The Bertz CT molecular complexity index is 453. The molecule has 2 aromatic rings. The quantitative estimate of drug-likeness (QED) is 0.864. The van der Waals surface area contributed by atoms with Crippen molar-refractivity contribution in [3.63, 3.8) is 0 Å². The summed E-state index contributed by atoms with van der Waals surface area (Å²) in [6.07, 6.45) is 1.86. The van der Waals surface area contributed by atoms with E-state index in [4.69, 9.17) is 0 Å². The maximum absolute atomic E-state index is 4.47. The molecule has 1 heterocycles. The lowest BCUT2D eigenvalue weighted by molar-refractivity contribution is 0.472. The van der Waals surface area contributed by atoms with Crippen LogP contribution in [0.2, 0.25) is 0 Å². The molecule has 0 aliphatic heterocycles. The molecule has 0 aliphatic carbocycles. The minimum Gasteiger partial charge on any atom is -0.310 e. The van der Waals surface area contributed by atoms with Crippen LogP contribution in [0.15, 0.2) is 54.7 Å². The Labute approximate surface area is 109 Å². The fourth-order valence-corrected chi connectivity index (χ4v) is 2.28. The van der Waals surface area contributed by atoms with E-state index in [1.807, 2.05) is 18.3 Å². The normalized spacial score (nSPS) is 14.1. The van der Waals surface area contributed by atoms with Crippen molar-refractivity contribution in [2.75, 3.05) is 6.54 Å². The maximum Gasteiger partial charge on any atom is 0.0450 e. The van der Waals surface area contributed by atoms with Gasteiger partial charge in [0.2, 0.25) is 0 Å². The molecule has 0 spiro atoms. The summed E-state index contributed by atoms with van der Waals surface area (Å²) < 4.78 is 0.